The van der Waals surface area contributed by atoms with Gasteiger partial charge in [0.2, 0.25) is 5.43 Å². The third-order valence-electron chi connectivity index (χ3n) is 4.74. The number of phenols is 1. The standard InChI is InChI=1S/C20H25BrN2O3S/c1-6-12-8-14(24)9-13(7-2)18(12)22-20(26)16-15(10-27-5)23(4)11(3)17(21)19(16)25/h8-9,24H,6-7,10H2,1-5H3,(H,22,26). The van der Waals surface area contributed by atoms with Crippen molar-refractivity contribution < 1.29 is 9.90 Å². The summed E-state index contributed by atoms with van der Waals surface area (Å²) in [6, 6.07) is 3.31. The van der Waals surface area contributed by atoms with E-state index in [0.717, 1.165) is 16.8 Å². The summed E-state index contributed by atoms with van der Waals surface area (Å²) in [5.41, 5.74) is 3.69. The molecule has 2 aromatic rings. The summed E-state index contributed by atoms with van der Waals surface area (Å²) < 4.78 is 2.28. The van der Waals surface area contributed by atoms with E-state index in [1.54, 1.807) is 23.9 Å². The van der Waals surface area contributed by atoms with E-state index in [-0.39, 0.29) is 16.7 Å². The molecular formula is C20H25BrN2O3S. The lowest BCUT2D eigenvalue weighted by Crippen LogP contribution is -2.29. The van der Waals surface area contributed by atoms with Gasteiger partial charge in [-0.25, -0.2) is 0 Å². The summed E-state index contributed by atoms with van der Waals surface area (Å²) in [4.78, 5) is 26.0. The Kier molecular flexibility index (Phi) is 7.17. The number of nitrogens with one attached hydrogen (secondary N) is 1. The smallest absolute Gasteiger partial charge is 0.261 e. The molecule has 0 aliphatic rings. The van der Waals surface area contributed by atoms with Gasteiger partial charge in [0.15, 0.2) is 0 Å². The monoisotopic (exact) mass is 452 g/mol. The number of hydrogen-bond acceptors (Lipinski definition) is 4. The van der Waals surface area contributed by atoms with Crippen molar-refractivity contribution in [3.05, 3.63) is 54.9 Å². The molecule has 0 bridgehead atoms. The van der Waals surface area contributed by atoms with Crippen LogP contribution in [0.2, 0.25) is 0 Å². The molecule has 7 heteroatoms. The van der Waals surface area contributed by atoms with Crippen LogP contribution >= 0.6 is 27.7 Å². The lowest BCUT2D eigenvalue weighted by molar-refractivity contribution is 0.102. The number of halogens is 1. The van der Waals surface area contributed by atoms with Gasteiger partial charge in [-0.05, 0) is 65.2 Å². The summed E-state index contributed by atoms with van der Waals surface area (Å²) >= 11 is 4.89. The Morgan fingerprint density at radius 2 is 1.81 bits per heavy atom. The van der Waals surface area contributed by atoms with E-state index in [2.05, 4.69) is 21.2 Å². The second-order valence-corrected chi connectivity index (χ2v) is 8.00. The van der Waals surface area contributed by atoms with Gasteiger partial charge >= 0.3 is 0 Å². The number of aryl methyl sites for hydroxylation is 2. The Bertz CT molecular complexity index is 913. The largest absolute Gasteiger partial charge is 0.508 e. The lowest BCUT2D eigenvalue weighted by Gasteiger charge is -2.19. The topological polar surface area (TPSA) is 71.3 Å². The number of anilines is 1. The van der Waals surface area contributed by atoms with Gasteiger partial charge in [-0.15, -0.1) is 0 Å². The number of carbonyl (C=O) groups is 1. The van der Waals surface area contributed by atoms with Gasteiger partial charge in [0.05, 0.1) is 4.47 Å². The van der Waals surface area contributed by atoms with Crippen LogP contribution < -0.4 is 10.7 Å². The number of phenolic OH excluding ortho intramolecular Hbond substituents is 1. The maximum absolute atomic E-state index is 13.2. The highest BCUT2D eigenvalue weighted by molar-refractivity contribution is 9.10. The number of benzene rings is 1. The van der Waals surface area contributed by atoms with Gasteiger partial charge in [0.1, 0.15) is 11.3 Å². The fraction of sp³-hybridized carbons (Fsp3) is 0.400. The van der Waals surface area contributed by atoms with Gasteiger partial charge < -0.3 is 15.0 Å². The number of aromatic hydroxyl groups is 1. The van der Waals surface area contributed by atoms with E-state index in [9.17, 15) is 14.7 Å². The number of carbonyl (C=O) groups excluding carboxylic acids is 1. The zero-order chi connectivity index (χ0) is 20.3. The first kappa shape index (κ1) is 21.6. The third-order valence-corrected chi connectivity index (χ3v) is 6.23. The molecule has 5 nitrogen and oxygen atoms in total. The van der Waals surface area contributed by atoms with Crippen LogP contribution in [0.15, 0.2) is 21.4 Å². The Labute approximate surface area is 172 Å². The van der Waals surface area contributed by atoms with Crippen molar-refractivity contribution in [1.29, 1.82) is 0 Å². The average Bonchev–Trinajstić information content (AvgIpc) is 2.65. The minimum Gasteiger partial charge on any atom is -0.508 e. The minimum atomic E-state index is -0.421. The van der Waals surface area contributed by atoms with Crippen LogP contribution in [-0.4, -0.2) is 21.8 Å². The molecule has 0 radical (unpaired) electrons. The minimum absolute atomic E-state index is 0.154. The van der Waals surface area contributed by atoms with E-state index in [1.165, 1.54) is 0 Å². The summed E-state index contributed by atoms with van der Waals surface area (Å²) in [6.45, 7) is 5.77. The second kappa shape index (κ2) is 8.97. The zero-order valence-electron chi connectivity index (χ0n) is 16.3. The molecule has 0 fully saturated rings. The van der Waals surface area contributed by atoms with Crippen molar-refractivity contribution in [2.24, 2.45) is 7.05 Å². The molecule has 0 atom stereocenters. The van der Waals surface area contributed by atoms with E-state index in [1.807, 2.05) is 38.6 Å². The highest BCUT2D eigenvalue weighted by Gasteiger charge is 2.23. The molecule has 27 heavy (non-hydrogen) atoms. The number of hydrogen-bond donors (Lipinski definition) is 2. The van der Waals surface area contributed by atoms with Crippen LogP contribution in [0.3, 0.4) is 0 Å². The van der Waals surface area contributed by atoms with Crippen molar-refractivity contribution in [3.8, 4) is 5.75 Å². The van der Waals surface area contributed by atoms with Crippen LogP contribution in [0.1, 0.15) is 46.7 Å². The van der Waals surface area contributed by atoms with Crippen molar-refractivity contribution in [3.63, 3.8) is 0 Å². The van der Waals surface area contributed by atoms with Crippen LogP contribution in [0.25, 0.3) is 0 Å². The molecule has 1 aromatic carbocycles. The van der Waals surface area contributed by atoms with E-state index < -0.39 is 5.91 Å². The molecule has 1 amide bonds. The summed E-state index contributed by atoms with van der Waals surface area (Å²) in [6.07, 6.45) is 3.25. The maximum atomic E-state index is 13.2. The first-order chi connectivity index (χ1) is 12.8. The number of thioether (sulfide) groups is 1. The Morgan fingerprint density at radius 3 is 2.30 bits per heavy atom. The Balaban J connectivity index is 2.63. The van der Waals surface area contributed by atoms with Gasteiger partial charge in [0.25, 0.3) is 5.91 Å². The van der Waals surface area contributed by atoms with Gasteiger partial charge in [-0.1, -0.05) is 13.8 Å². The summed E-state index contributed by atoms with van der Waals surface area (Å²) in [5, 5.41) is 12.9. The quantitative estimate of drug-likeness (QED) is 0.636. The predicted molar refractivity (Wildman–Crippen MR) is 116 cm³/mol. The van der Waals surface area contributed by atoms with Crippen molar-refractivity contribution in [1.82, 2.24) is 4.57 Å². The molecule has 0 saturated carbocycles. The molecule has 1 heterocycles. The van der Waals surface area contributed by atoms with Crippen molar-refractivity contribution in [2.45, 2.75) is 39.4 Å². The number of rotatable bonds is 6. The second-order valence-electron chi connectivity index (χ2n) is 6.34. The van der Waals surface area contributed by atoms with Crippen molar-refractivity contribution >= 4 is 39.3 Å². The highest BCUT2D eigenvalue weighted by atomic mass is 79.9. The first-order valence-corrected chi connectivity index (χ1v) is 11.0. The third kappa shape index (κ3) is 4.24. The van der Waals surface area contributed by atoms with E-state index in [4.69, 9.17) is 0 Å². The molecule has 1 aromatic heterocycles. The molecule has 0 aliphatic carbocycles. The number of amides is 1. The molecule has 0 aliphatic heterocycles. The predicted octanol–water partition coefficient (Wildman–Crippen LogP) is 4.40. The fourth-order valence-electron chi connectivity index (χ4n) is 3.11. The molecule has 0 saturated heterocycles. The molecule has 2 rings (SSSR count). The summed E-state index contributed by atoms with van der Waals surface area (Å²) in [7, 11) is 1.86. The highest BCUT2D eigenvalue weighted by Crippen LogP contribution is 2.29. The normalized spacial score (nSPS) is 10.9. The van der Waals surface area contributed by atoms with Crippen LogP contribution in [0.4, 0.5) is 5.69 Å². The summed E-state index contributed by atoms with van der Waals surface area (Å²) in [5.74, 6) is 0.314. The van der Waals surface area contributed by atoms with Gasteiger partial charge in [-0.2, -0.15) is 11.8 Å². The number of pyridine rings is 1. The lowest BCUT2D eigenvalue weighted by atomic mass is 10.0. The average molecular weight is 453 g/mol. The van der Waals surface area contributed by atoms with E-state index >= 15 is 0 Å². The first-order valence-electron chi connectivity index (χ1n) is 8.79. The maximum Gasteiger partial charge on any atom is 0.261 e. The van der Waals surface area contributed by atoms with Crippen LogP contribution in [-0.2, 0) is 25.6 Å². The molecule has 0 unspecified atom stereocenters. The zero-order valence-corrected chi connectivity index (χ0v) is 18.7. The Hall–Kier alpha value is -1.73. The van der Waals surface area contributed by atoms with Crippen LogP contribution in [0.5, 0.6) is 5.75 Å². The van der Waals surface area contributed by atoms with Crippen molar-refractivity contribution in [2.75, 3.05) is 11.6 Å². The Morgan fingerprint density at radius 1 is 1.26 bits per heavy atom. The molecule has 2 N–H and O–H groups in total. The molecule has 0 spiro atoms. The SMILES string of the molecule is CCc1cc(O)cc(CC)c1NC(=O)c1c(CSC)n(C)c(C)c(Br)c1=O. The number of nitrogens with zero attached hydrogens (tertiary/aromatic N) is 1. The van der Waals surface area contributed by atoms with Gasteiger partial charge in [0, 0.05) is 29.9 Å². The van der Waals surface area contributed by atoms with E-state index in [0.29, 0.717) is 34.4 Å². The fourth-order valence-corrected chi connectivity index (χ4v) is 4.18. The molecule has 146 valence electrons. The van der Waals surface area contributed by atoms with Gasteiger partial charge in [-0.3, -0.25) is 9.59 Å². The molecular weight excluding hydrogens is 428 g/mol. The number of aromatic nitrogens is 1. The van der Waals surface area contributed by atoms with Crippen LogP contribution in [0, 0.1) is 6.92 Å².